The second-order valence-electron chi connectivity index (χ2n) is 5.73. The normalized spacial score (nSPS) is 11.0. The number of thiazole rings is 1. The molecule has 1 aromatic carbocycles. The number of aromatic nitrogens is 3. The molecule has 3 rings (SSSR count). The second kappa shape index (κ2) is 6.52. The predicted molar refractivity (Wildman–Crippen MR) is 92.3 cm³/mol. The molecule has 0 bridgehead atoms. The Morgan fingerprint density at radius 3 is 2.67 bits per heavy atom. The van der Waals surface area contributed by atoms with Crippen LogP contribution in [0, 0.1) is 5.82 Å². The highest BCUT2D eigenvalue weighted by atomic mass is 32.1. The van der Waals surface area contributed by atoms with Crippen LogP contribution in [0.15, 0.2) is 36.0 Å². The molecular formula is C17H17FN4OS. The molecule has 124 valence electrons. The Labute approximate surface area is 143 Å². The topological polar surface area (TPSA) is 59.8 Å². The van der Waals surface area contributed by atoms with Gasteiger partial charge >= 0.3 is 0 Å². The number of imidazole rings is 1. The van der Waals surface area contributed by atoms with Crippen molar-refractivity contribution in [3.05, 3.63) is 47.5 Å². The largest absolute Gasteiger partial charge is 0.349 e. The Morgan fingerprint density at radius 2 is 2.00 bits per heavy atom. The summed E-state index contributed by atoms with van der Waals surface area (Å²) in [4.78, 5) is 20.9. The van der Waals surface area contributed by atoms with Crippen LogP contribution >= 0.6 is 11.3 Å². The molecule has 0 aliphatic heterocycles. The number of rotatable bonds is 4. The number of halogens is 1. The second-order valence-corrected chi connectivity index (χ2v) is 6.58. The van der Waals surface area contributed by atoms with Crippen LogP contribution in [-0.2, 0) is 7.05 Å². The van der Waals surface area contributed by atoms with Gasteiger partial charge in [0.05, 0.1) is 12.0 Å². The van der Waals surface area contributed by atoms with Gasteiger partial charge < -0.3 is 9.88 Å². The molecule has 0 fully saturated rings. The maximum Gasteiger partial charge on any atom is 0.270 e. The highest BCUT2D eigenvalue weighted by Gasteiger charge is 2.19. The van der Waals surface area contributed by atoms with Crippen molar-refractivity contribution in [1.82, 2.24) is 19.9 Å². The lowest BCUT2D eigenvalue weighted by Crippen LogP contribution is -2.30. The lowest BCUT2D eigenvalue weighted by Gasteiger charge is -2.06. The summed E-state index contributed by atoms with van der Waals surface area (Å²) in [7, 11) is 1.87. The van der Waals surface area contributed by atoms with Crippen LogP contribution in [-0.4, -0.2) is 26.5 Å². The van der Waals surface area contributed by atoms with E-state index in [0.29, 0.717) is 16.4 Å². The van der Waals surface area contributed by atoms with Crippen molar-refractivity contribution < 1.29 is 9.18 Å². The minimum absolute atomic E-state index is 0.0501. The van der Waals surface area contributed by atoms with Gasteiger partial charge in [-0.05, 0) is 38.1 Å². The van der Waals surface area contributed by atoms with Crippen molar-refractivity contribution in [2.24, 2.45) is 7.05 Å². The van der Waals surface area contributed by atoms with Gasteiger partial charge in [0.25, 0.3) is 5.91 Å². The standard InChI is InChI=1S/C17H17FN4OS/c1-10(2)20-16(23)13-8-24-17(21-13)15-14(19-9-22(15)3)11-4-6-12(18)7-5-11/h4-10H,1-3H3,(H,20,23). The summed E-state index contributed by atoms with van der Waals surface area (Å²) in [6.07, 6.45) is 1.68. The SMILES string of the molecule is CC(C)NC(=O)c1csc(-c2c(-c3ccc(F)cc3)ncn2C)n1. The van der Waals surface area contributed by atoms with Crippen molar-refractivity contribution in [2.45, 2.75) is 19.9 Å². The van der Waals surface area contributed by atoms with E-state index in [1.807, 2.05) is 25.5 Å². The highest BCUT2D eigenvalue weighted by Crippen LogP contribution is 2.32. The molecule has 1 N–H and O–H groups in total. The number of amides is 1. The van der Waals surface area contributed by atoms with E-state index in [0.717, 1.165) is 11.3 Å². The summed E-state index contributed by atoms with van der Waals surface area (Å²) in [5.41, 5.74) is 2.70. The summed E-state index contributed by atoms with van der Waals surface area (Å²) in [5, 5.41) is 5.25. The van der Waals surface area contributed by atoms with Crippen molar-refractivity contribution in [2.75, 3.05) is 0 Å². The van der Waals surface area contributed by atoms with E-state index < -0.39 is 0 Å². The molecule has 0 aliphatic rings. The summed E-state index contributed by atoms with van der Waals surface area (Å²) < 4.78 is 15.0. The third kappa shape index (κ3) is 3.21. The van der Waals surface area contributed by atoms with Gasteiger partial charge in [0.15, 0.2) is 0 Å². The molecule has 3 aromatic rings. The number of benzene rings is 1. The first-order chi connectivity index (χ1) is 11.5. The molecule has 0 radical (unpaired) electrons. The molecule has 0 aliphatic carbocycles. The van der Waals surface area contributed by atoms with Crippen LogP contribution in [0.1, 0.15) is 24.3 Å². The molecular weight excluding hydrogens is 327 g/mol. The van der Waals surface area contributed by atoms with E-state index in [4.69, 9.17) is 0 Å². The van der Waals surface area contributed by atoms with Crippen molar-refractivity contribution >= 4 is 17.2 Å². The van der Waals surface area contributed by atoms with Crippen molar-refractivity contribution in [3.8, 4) is 22.0 Å². The van der Waals surface area contributed by atoms with E-state index in [2.05, 4.69) is 15.3 Å². The van der Waals surface area contributed by atoms with Crippen LogP contribution in [0.2, 0.25) is 0 Å². The predicted octanol–water partition coefficient (Wildman–Crippen LogP) is 3.49. The van der Waals surface area contributed by atoms with Gasteiger partial charge in [-0.1, -0.05) is 0 Å². The maximum absolute atomic E-state index is 13.1. The minimum atomic E-state index is -0.293. The number of aryl methyl sites for hydroxylation is 1. The van der Waals surface area contributed by atoms with Gasteiger partial charge in [-0.2, -0.15) is 0 Å². The zero-order valence-corrected chi connectivity index (χ0v) is 14.4. The zero-order valence-electron chi connectivity index (χ0n) is 13.6. The molecule has 5 nitrogen and oxygen atoms in total. The van der Waals surface area contributed by atoms with Crippen molar-refractivity contribution in [3.63, 3.8) is 0 Å². The van der Waals surface area contributed by atoms with Gasteiger partial charge in [0.2, 0.25) is 0 Å². The number of hydrogen-bond donors (Lipinski definition) is 1. The molecule has 1 amide bonds. The number of hydrogen-bond acceptors (Lipinski definition) is 4. The number of nitrogens with zero attached hydrogens (tertiary/aromatic N) is 3. The summed E-state index contributed by atoms with van der Waals surface area (Å²) in [5.74, 6) is -0.490. The highest BCUT2D eigenvalue weighted by molar-refractivity contribution is 7.13. The number of carbonyl (C=O) groups is 1. The average Bonchev–Trinajstić information content (AvgIpc) is 3.14. The zero-order chi connectivity index (χ0) is 17.3. The first kappa shape index (κ1) is 16.3. The fraction of sp³-hybridized carbons (Fsp3) is 0.235. The van der Waals surface area contributed by atoms with Crippen LogP contribution in [0.3, 0.4) is 0 Å². The minimum Gasteiger partial charge on any atom is -0.349 e. The molecule has 2 heterocycles. The molecule has 0 spiro atoms. The van der Waals surface area contributed by atoms with Gasteiger partial charge in [-0.15, -0.1) is 11.3 Å². The lowest BCUT2D eigenvalue weighted by molar-refractivity contribution is 0.0939. The van der Waals surface area contributed by atoms with Crippen LogP contribution in [0.5, 0.6) is 0 Å². The first-order valence-electron chi connectivity index (χ1n) is 7.49. The average molecular weight is 344 g/mol. The number of carbonyl (C=O) groups excluding carboxylic acids is 1. The van der Waals surface area contributed by atoms with E-state index in [9.17, 15) is 9.18 Å². The molecule has 24 heavy (non-hydrogen) atoms. The summed E-state index contributed by atoms with van der Waals surface area (Å²) >= 11 is 1.38. The molecule has 7 heteroatoms. The number of nitrogens with one attached hydrogen (secondary N) is 1. The van der Waals surface area contributed by atoms with E-state index in [1.165, 1.54) is 23.5 Å². The molecule has 0 unspecified atom stereocenters. The quantitative estimate of drug-likeness (QED) is 0.788. The fourth-order valence-corrected chi connectivity index (χ4v) is 3.21. The third-order valence-corrected chi connectivity index (χ3v) is 4.26. The Morgan fingerprint density at radius 1 is 1.29 bits per heavy atom. The van der Waals surface area contributed by atoms with Gasteiger partial charge in [-0.3, -0.25) is 4.79 Å². The Kier molecular flexibility index (Phi) is 4.44. The van der Waals surface area contributed by atoms with Gasteiger partial charge in [0, 0.05) is 24.0 Å². The van der Waals surface area contributed by atoms with E-state index in [-0.39, 0.29) is 17.8 Å². The van der Waals surface area contributed by atoms with Crippen LogP contribution in [0.4, 0.5) is 4.39 Å². The van der Waals surface area contributed by atoms with Gasteiger partial charge in [0.1, 0.15) is 22.2 Å². The monoisotopic (exact) mass is 344 g/mol. The lowest BCUT2D eigenvalue weighted by atomic mass is 10.1. The van der Waals surface area contributed by atoms with Gasteiger partial charge in [-0.25, -0.2) is 14.4 Å². The molecule has 0 saturated heterocycles. The summed E-state index contributed by atoms with van der Waals surface area (Å²) in [6, 6.07) is 6.21. The molecule has 0 saturated carbocycles. The van der Waals surface area contributed by atoms with Crippen LogP contribution < -0.4 is 5.32 Å². The van der Waals surface area contributed by atoms with Crippen molar-refractivity contribution in [1.29, 1.82) is 0 Å². The Balaban J connectivity index is 1.99. The van der Waals surface area contributed by atoms with E-state index in [1.54, 1.807) is 23.8 Å². The summed E-state index contributed by atoms with van der Waals surface area (Å²) in [6.45, 7) is 3.80. The van der Waals surface area contributed by atoms with E-state index >= 15 is 0 Å². The maximum atomic E-state index is 13.1. The third-order valence-electron chi connectivity index (χ3n) is 3.41. The first-order valence-corrected chi connectivity index (χ1v) is 8.37. The van der Waals surface area contributed by atoms with Crippen LogP contribution in [0.25, 0.3) is 22.0 Å². The smallest absolute Gasteiger partial charge is 0.270 e. The molecule has 0 atom stereocenters. The Bertz CT molecular complexity index is 867. The Hall–Kier alpha value is -2.54. The fourth-order valence-electron chi connectivity index (χ4n) is 2.32. The molecule has 2 aromatic heterocycles.